The highest BCUT2D eigenvalue weighted by Gasteiger charge is 2.17. The van der Waals surface area contributed by atoms with Gasteiger partial charge in [0.1, 0.15) is 22.5 Å². The lowest BCUT2D eigenvalue weighted by molar-refractivity contribution is 0.168. The maximum absolute atomic E-state index is 12.4. The van der Waals surface area contributed by atoms with E-state index in [-0.39, 0.29) is 34.8 Å². The van der Waals surface area contributed by atoms with Gasteiger partial charge in [-0.2, -0.15) is 0 Å². The highest BCUT2D eigenvalue weighted by atomic mass is 16.5. The number of nitrogens with one attached hydrogen (secondary N) is 1. The van der Waals surface area contributed by atoms with Gasteiger partial charge >= 0.3 is 6.09 Å². The van der Waals surface area contributed by atoms with Gasteiger partial charge in [-0.15, -0.1) is 0 Å². The first-order valence-corrected chi connectivity index (χ1v) is 7.66. The molecule has 1 heterocycles. The van der Waals surface area contributed by atoms with Crippen LogP contribution >= 0.6 is 0 Å². The van der Waals surface area contributed by atoms with E-state index >= 15 is 0 Å². The van der Waals surface area contributed by atoms with Gasteiger partial charge in [-0.1, -0.05) is 0 Å². The fraction of sp³-hybridized carbons (Fsp3) is 0.111. The molecule has 0 fully saturated rings. The highest BCUT2D eigenvalue weighted by molar-refractivity contribution is 5.92. The number of benzene rings is 2. The third-order valence-corrected chi connectivity index (χ3v) is 3.63. The Labute approximate surface area is 146 Å². The van der Waals surface area contributed by atoms with Crippen LogP contribution in [-0.4, -0.2) is 28.0 Å². The van der Waals surface area contributed by atoms with Crippen molar-refractivity contribution in [2.75, 3.05) is 11.9 Å². The average Bonchev–Trinajstić information content (AvgIpc) is 2.58. The lowest BCUT2D eigenvalue weighted by Crippen LogP contribution is -2.14. The van der Waals surface area contributed by atoms with Crippen LogP contribution in [0.15, 0.2) is 45.6 Å². The van der Waals surface area contributed by atoms with Crippen LogP contribution < -0.4 is 10.7 Å². The van der Waals surface area contributed by atoms with Crippen molar-refractivity contribution in [3.8, 4) is 28.6 Å². The molecule has 3 aromatic rings. The molecule has 1 aromatic heterocycles. The number of ether oxygens (including phenoxy) is 1. The Morgan fingerprint density at radius 2 is 1.92 bits per heavy atom. The Hall–Kier alpha value is -3.68. The molecule has 0 aliphatic heterocycles. The molecule has 0 spiro atoms. The van der Waals surface area contributed by atoms with Crippen molar-refractivity contribution in [2.24, 2.45) is 0 Å². The molecule has 1 amide bonds. The Bertz CT molecular complexity index is 1060. The second-order valence-electron chi connectivity index (χ2n) is 5.36. The predicted molar refractivity (Wildman–Crippen MR) is 93.6 cm³/mol. The molecule has 2 aromatic carbocycles. The normalized spacial score (nSPS) is 10.7. The molecular formula is C18H15NO7. The number of carbonyl (C=O) groups excluding carboxylic acids is 1. The van der Waals surface area contributed by atoms with Crippen LogP contribution in [0.2, 0.25) is 0 Å². The summed E-state index contributed by atoms with van der Waals surface area (Å²) in [6.07, 6.45) is -0.731. The van der Waals surface area contributed by atoms with Gasteiger partial charge in [0.15, 0.2) is 16.9 Å². The van der Waals surface area contributed by atoms with Gasteiger partial charge < -0.3 is 24.5 Å². The summed E-state index contributed by atoms with van der Waals surface area (Å²) in [4.78, 5) is 24.1. The molecule has 0 bridgehead atoms. The van der Waals surface area contributed by atoms with Crippen LogP contribution in [0.4, 0.5) is 10.5 Å². The first-order chi connectivity index (χ1) is 12.4. The van der Waals surface area contributed by atoms with Crippen molar-refractivity contribution in [1.82, 2.24) is 0 Å². The molecule has 0 saturated carbocycles. The van der Waals surface area contributed by atoms with Crippen LogP contribution in [0.1, 0.15) is 6.92 Å². The molecule has 0 radical (unpaired) electrons. The van der Waals surface area contributed by atoms with Crippen molar-refractivity contribution in [1.29, 1.82) is 0 Å². The van der Waals surface area contributed by atoms with Crippen molar-refractivity contribution in [3.63, 3.8) is 0 Å². The summed E-state index contributed by atoms with van der Waals surface area (Å²) in [6, 6.07) is 7.76. The summed E-state index contributed by atoms with van der Waals surface area (Å²) >= 11 is 0. The number of amides is 1. The monoisotopic (exact) mass is 357 g/mol. The maximum Gasteiger partial charge on any atom is 0.411 e. The minimum absolute atomic E-state index is 0.0537. The average molecular weight is 357 g/mol. The van der Waals surface area contributed by atoms with E-state index in [1.807, 2.05) is 0 Å². The predicted octanol–water partition coefficient (Wildman–Crippen LogP) is 3.15. The lowest BCUT2D eigenvalue weighted by atomic mass is 10.1. The Balaban J connectivity index is 2.16. The summed E-state index contributed by atoms with van der Waals surface area (Å²) in [5.41, 5.74) is -0.0286. The molecule has 0 aliphatic rings. The minimum Gasteiger partial charge on any atom is -0.508 e. The number of aromatic hydroxyl groups is 3. The van der Waals surface area contributed by atoms with Crippen LogP contribution in [-0.2, 0) is 4.74 Å². The van der Waals surface area contributed by atoms with Crippen LogP contribution in [0.3, 0.4) is 0 Å². The minimum atomic E-state index is -0.731. The first-order valence-electron chi connectivity index (χ1n) is 7.66. The molecule has 0 aliphatic carbocycles. The van der Waals surface area contributed by atoms with Crippen molar-refractivity contribution < 1.29 is 29.3 Å². The SMILES string of the molecule is CCOC(=O)Nc1cc(O)ccc1-c1cc(=O)c2c(O)c(O)ccc2o1. The van der Waals surface area contributed by atoms with E-state index in [1.165, 1.54) is 30.3 Å². The number of hydrogen-bond acceptors (Lipinski definition) is 7. The molecule has 8 heteroatoms. The molecule has 0 saturated heterocycles. The number of anilines is 1. The summed E-state index contributed by atoms with van der Waals surface area (Å²) in [5.74, 6) is -1.02. The van der Waals surface area contributed by atoms with Gasteiger partial charge in [-0.3, -0.25) is 10.1 Å². The number of rotatable bonds is 3. The van der Waals surface area contributed by atoms with Crippen LogP contribution in [0, 0.1) is 0 Å². The van der Waals surface area contributed by atoms with E-state index in [0.29, 0.717) is 5.56 Å². The maximum atomic E-state index is 12.4. The third-order valence-electron chi connectivity index (χ3n) is 3.63. The molecule has 26 heavy (non-hydrogen) atoms. The number of phenols is 3. The number of phenolic OH excluding ortho intramolecular Hbond substituents is 3. The van der Waals surface area contributed by atoms with Crippen molar-refractivity contribution in [2.45, 2.75) is 6.92 Å². The van der Waals surface area contributed by atoms with E-state index in [1.54, 1.807) is 6.92 Å². The molecule has 0 atom stereocenters. The standard InChI is InChI=1S/C18H15NO7/c1-2-25-18(24)19-11-7-9(20)3-4-10(11)15-8-13(22)16-14(26-15)6-5-12(21)17(16)23/h3-8,20-21,23H,2H2,1H3,(H,19,24). The zero-order valence-corrected chi connectivity index (χ0v) is 13.6. The van der Waals surface area contributed by atoms with Crippen molar-refractivity contribution >= 4 is 22.7 Å². The lowest BCUT2D eigenvalue weighted by Gasteiger charge is -2.12. The number of hydrogen-bond donors (Lipinski definition) is 4. The quantitative estimate of drug-likeness (QED) is 0.530. The second kappa shape index (κ2) is 6.67. The summed E-state index contributed by atoms with van der Waals surface area (Å²) in [7, 11) is 0. The fourth-order valence-electron chi connectivity index (χ4n) is 2.48. The second-order valence-corrected chi connectivity index (χ2v) is 5.36. The van der Waals surface area contributed by atoms with Gasteiger partial charge in [0, 0.05) is 17.7 Å². The summed E-state index contributed by atoms with van der Waals surface area (Å²) < 4.78 is 10.5. The summed E-state index contributed by atoms with van der Waals surface area (Å²) in [6.45, 7) is 1.81. The summed E-state index contributed by atoms with van der Waals surface area (Å²) in [5, 5.41) is 31.4. The Morgan fingerprint density at radius 1 is 1.15 bits per heavy atom. The number of carbonyl (C=O) groups is 1. The molecule has 8 nitrogen and oxygen atoms in total. The molecular weight excluding hydrogens is 342 g/mol. The molecule has 134 valence electrons. The van der Waals surface area contributed by atoms with Crippen molar-refractivity contribution in [3.05, 3.63) is 46.6 Å². The first kappa shape index (κ1) is 17.2. The zero-order chi connectivity index (χ0) is 18.8. The molecule has 3 rings (SSSR count). The fourth-order valence-corrected chi connectivity index (χ4v) is 2.48. The van der Waals surface area contributed by atoms with Gasteiger partial charge in [-0.05, 0) is 31.2 Å². The Kier molecular flexibility index (Phi) is 4.40. The van der Waals surface area contributed by atoms with E-state index in [2.05, 4.69) is 5.32 Å². The highest BCUT2D eigenvalue weighted by Crippen LogP contribution is 2.36. The van der Waals surface area contributed by atoms with Gasteiger partial charge in [0.05, 0.1) is 12.3 Å². The largest absolute Gasteiger partial charge is 0.508 e. The van der Waals surface area contributed by atoms with Crippen LogP contribution in [0.25, 0.3) is 22.3 Å². The van der Waals surface area contributed by atoms with E-state index in [0.717, 1.165) is 6.07 Å². The van der Waals surface area contributed by atoms with Gasteiger partial charge in [0.25, 0.3) is 0 Å². The smallest absolute Gasteiger partial charge is 0.411 e. The van der Waals surface area contributed by atoms with Gasteiger partial charge in [0.2, 0.25) is 0 Å². The van der Waals surface area contributed by atoms with Crippen LogP contribution in [0.5, 0.6) is 17.2 Å². The van der Waals surface area contributed by atoms with E-state index < -0.39 is 23.0 Å². The topological polar surface area (TPSA) is 129 Å². The third kappa shape index (κ3) is 3.12. The Morgan fingerprint density at radius 3 is 2.65 bits per heavy atom. The van der Waals surface area contributed by atoms with Gasteiger partial charge in [-0.25, -0.2) is 4.79 Å². The molecule has 4 N–H and O–H groups in total. The molecule has 0 unspecified atom stereocenters. The van der Waals surface area contributed by atoms with E-state index in [4.69, 9.17) is 9.15 Å². The zero-order valence-electron chi connectivity index (χ0n) is 13.6. The number of fused-ring (bicyclic) bond motifs is 1. The van der Waals surface area contributed by atoms with E-state index in [9.17, 15) is 24.9 Å².